The van der Waals surface area contributed by atoms with Crippen molar-refractivity contribution in [1.82, 2.24) is 4.90 Å². The Hall–Kier alpha value is -2.27. The topological polar surface area (TPSA) is 50.5 Å². The van der Waals surface area contributed by atoms with E-state index in [0.717, 1.165) is 50.2 Å². The highest BCUT2D eigenvalue weighted by Gasteiger charge is 2.31. The Morgan fingerprint density at radius 2 is 1.85 bits per heavy atom. The monoisotopic (exact) mass is 355 g/mol. The molecule has 2 aromatic rings. The summed E-state index contributed by atoms with van der Waals surface area (Å²) in [6.07, 6.45) is 4.59. The lowest BCUT2D eigenvalue weighted by molar-refractivity contribution is 0.0810. The smallest absolute Gasteiger partial charge is 0.166 e. The molecule has 0 N–H and O–H groups in total. The maximum atomic E-state index is 13.0. The van der Waals surface area contributed by atoms with E-state index in [9.17, 15) is 14.0 Å². The first-order valence-electron chi connectivity index (χ1n) is 9.22. The van der Waals surface area contributed by atoms with Crippen LogP contribution in [0.4, 0.5) is 4.39 Å². The summed E-state index contributed by atoms with van der Waals surface area (Å²) < 4.78 is 18.5. The van der Waals surface area contributed by atoms with Crippen molar-refractivity contribution in [1.29, 1.82) is 0 Å². The average molecular weight is 355 g/mol. The highest BCUT2D eigenvalue weighted by atomic mass is 19.1. The molecule has 4 nitrogen and oxygen atoms in total. The summed E-state index contributed by atoms with van der Waals surface area (Å²) in [5, 5.41) is 0. The highest BCUT2D eigenvalue weighted by Crippen LogP contribution is 2.29. The Morgan fingerprint density at radius 3 is 2.58 bits per heavy atom. The number of benzene rings is 1. The van der Waals surface area contributed by atoms with Crippen molar-refractivity contribution in [2.24, 2.45) is 11.8 Å². The molecule has 5 heteroatoms. The van der Waals surface area contributed by atoms with E-state index in [2.05, 4.69) is 4.90 Å². The molecule has 0 spiro atoms. The van der Waals surface area contributed by atoms with Crippen molar-refractivity contribution in [3.05, 3.63) is 59.3 Å². The molecule has 1 aromatic carbocycles. The van der Waals surface area contributed by atoms with Gasteiger partial charge in [-0.25, -0.2) is 4.39 Å². The summed E-state index contributed by atoms with van der Waals surface area (Å²) >= 11 is 0. The minimum Gasteiger partial charge on any atom is -0.469 e. The first-order valence-corrected chi connectivity index (χ1v) is 9.22. The van der Waals surface area contributed by atoms with Gasteiger partial charge >= 0.3 is 0 Å². The van der Waals surface area contributed by atoms with E-state index in [1.807, 2.05) is 0 Å². The number of piperidine rings is 1. The van der Waals surface area contributed by atoms with Gasteiger partial charge in [0.25, 0.3) is 0 Å². The molecule has 0 amide bonds. The van der Waals surface area contributed by atoms with Gasteiger partial charge in [-0.15, -0.1) is 0 Å². The molecular weight excluding hydrogens is 333 g/mol. The van der Waals surface area contributed by atoms with Gasteiger partial charge in [0.15, 0.2) is 11.6 Å². The number of hydrogen-bond acceptors (Lipinski definition) is 4. The summed E-state index contributed by atoms with van der Waals surface area (Å²) in [4.78, 5) is 27.1. The van der Waals surface area contributed by atoms with Crippen molar-refractivity contribution in [2.45, 2.75) is 25.7 Å². The zero-order valence-corrected chi connectivity index (χ0v) is 14.6. The quantitative estimate of drug-likeness (QED) is 0.784. The van der Waals surface area contributed by atoms with Crippen LogP contribution >= 0.6 is 0 Å². The van der Waals surface area contributed by atoms with Crippen molar-refractivity contribution in [2.75, 3.05) is 19.6 Å². The zero-order valence-electron chi connectivity index (χ0n) is 14.6. The van der Waals surface area contributed by atoms with Gasteiger partial charge in [-0.2, -0.15) is 0 Å². The van der Waals surface area contributed by atoms with E-state index in [1.54, 1.807) is 24.5 Å². The number of fused-ring (bicyclic) bond motifs is 1. The molecule has 2 aliphatic rings. The van der Waals surface area contributed by atoms with Gasteiger partial charge in [-0.3, -0.25) is 9.59 Å². The molecule has 1 saturated heterocycles. The molecule has 0 saturated carbocycles. The molecular formula is C21H22FNO3. The fraction of sp³-hybridized carbons (Fsp3) is 0.429. The minimum atomic E-state index is -0.321. The van der Waals surface area contributed by atoms with Crippen LogP contribution in [0.15, 0.2) is 41.0 Å². The fourth-order valence-electron chi connectivity index (χ4n) is 4.18. The number of ketones is 2. The summed E-state index contributed by atoms with van der Waals surface area (Å²) in [6.45, 7) is 2.57. The largest absolute Gasteiger partial charge is 0.469 e. The van der Waals surface area contributed by atoms with E-state index in [-0.39, 0.29) is 29.2 Å². The van der Waals surface area contributed by atoms with Gasteiger partial charge in [0.05, 0.1) is 11.8 Å². The van der Waals surface area contributed by atoms with E-state index in [4.69, 9.17) is 4.42 Å². The average Bonchev–Trinajstić information content (AvgIpc) is 3.12. The Balaban J connectivity index is 1.31. The third-order valence-corrected chi connectivity index (χ3v) is 5.60. The second-order valence-corrected chi connectivity index (χ2v) is 7.40. The van der Waals surface area contributed by atoms with Gasteiger partial charge < -0.3 is 9.32 Å². The Labute approximate surface area is 152 Å². The van der Waals surface area contributed by atoms with Gasteiger partial charge in [-0.1, -0.05) is 0 Å². The molecule has 0 bridgehead atoms. The predicted molar refractivity (Wildman–Crippen MR) is 94.7 cm³/mol. The number of halogens is 1. The summed E-state index contributed by atoms with van der Waals surface area (Å²) in [7, 11) is 0. The van der Waals surface area contributed by atoms with Crippen LogP contribution in [-0.4, -0.2) is 36.1 Å². The Morgan fingerprint density at radius 1 is 1.12 bits per heavy atom. The lowest BCUT2D eigenvalue weighted by Crippen LogP contribution is -2.40. The van der Waals surface area contributed by atoms with Crippen LogP contribution in [0.2, 0.25) is 0 Å². The molecule has 26 heavy (non-hydrogen) atoms. The van der Waals surface area contributed by atoms with Crippen molar-refractivity contribution in [3.63, 3.8) is 0 Å². The van der Waals surface area contributed by atoms with Crippen molar-refractivity contribution in [3.8, 4) is 0 Å². The third kappa shape index (κ3) is 3.49. The van der Waals surface area contributed by atoms with Gasteiger partial charge in [0, 0.05) is 30.9 Å². The molecule has 4 rings (SSSR count). The number of carbonyl (C=O) groups excluding carboxylic acids is 2. The maximum absolute atomic E-state index is 13.0. The molecule has 2 heterocycles. The molecule has 0 radical (unpaired) electrons. The van der Waals surface area contributed by atoms with Crippen molar-refractivity contribution < 1.29 is 18.4 Å². The molecule has 1 atom stereocenters. The number of hydrogen-bond donors (Lipinski definition) is 0. The van der Waals surface area contributed by atoms with Crippen LogP contribution in [0.5, 0.6) is 0 Å². The van der Waals surface area contributed by atoms with Gasteiger partial charge in [0.1, 0.15) is 11.6 Å². The number of Topliss-reactive ketones (excluding diaryl/α,β-unsaturated/α-hetero) is 2. The maximum Gasteiger partial charge on any atom is 0.166 e. The van der Waals surface area contributed by atoms with Gasteiger partial charge in [0.2, 0.25) is 0 Å². The molecule has 1 fully saturated rings. The number of carbonyl (C=O) groups is 2. The second kappa shape index (κ2) is 7.16. The number of rotatable bonds is 4. The van der Waals surface area contributed by atoms with Crippen LogP contribution < -0.4 is 0 Å². The lowest BCUT2D eigenvalue weighted by atomic mass is 9.85. The normalized spacial score (nSPS) is 21.6. The molecule has 1 aromatic heterocycles. The van der Waals surface area contributed by atoms with Gasteiger partial charge in [-0.05, 0) is 62.2 Å². The van der Waals surface area contributed by atoms with E-state index in [0.29, 0.717) is 12.0 Å². The van der Waals surface area contributed by atoms with Crippen molar-refractivity contribution >= 4 is 11.6 Å². The van der Waals surface area contributed by atoms with E-state index >= 15 is 0 Å². The molecule has 0 unspecified atom stereocenters. The minimum absolute atomic E-state index is 0.00127. The number of furan rings is 1. The fourth-order valence-corrected chi connectivity index (χ4v) is 4.18. The zero-order chi connectivity index (χ0) is 18.1. The molecule has 1 aliphatic heterocycles. The molecule has 136 valence electrons. The van der Waals surface area contributed by atoms with Crippen LogP contribution in [0.3, 0.4) is 0 Å². The highest BCUT2D eigenvalue weighted by molar-refractivity contribution is 5.98. The number of nitrogens with zero attached hydrogens (tertiary/aromatic N) is 1. The van der Waals surface area contributed by atoms with E-state index in [1.165, 1.54) is 12.1 Å². The summed E-state index contributed by atoms with van der Waals surface area (Å²) in [5.74, 6) is 1.06. The Bertz CT molecular complexity index is 803. The Kier molecular flexibility index (Phi) is 4.72. The summed E-state index contributed by atoms with van der Waals surface area (Å²) in [5.41, 5.74) is 1.33. The third-order valence-electron chi connectivity index (χ3n) is 5.60. The number of likely N-dealkylation sites (tertiary alicyclic amines) is 1. The molecule has 1 aliphatic carbocycles. The standard InChI is InChI=1S/C21H22FNO3/c22-17-3-1-15(2-4-17)21(25)16-5-8-23(9-6-16)13-14-11-19(24)18-7-10-26-20(18)12-14/h1-4,7,10,14,16H,5-6,8-9,11-13H2/t14-/m1/s1. The predicted octanol–water partition coefficient (Wildman–Crippen LogP) is 3.76. The lowest BCUT2D eigenvalue weighted by Gasteiger charge is -2.34. The van der Waals surface area contributed by atoms with Crippen LogP contribution in [0.1, 0.15) is 45.7 Å². The second-order valence-electron chi connectivity index (χ2n) is 7.40. The first-order chi connectivity index (χ1) is 12.6. The first kappa shape index (κ1) is 17.2. The SMILES string of the molecule is O=C1C[C@@H](CN2CCC(C(=O)c3ccc(F)cc3)CC2)Cc2occc21. The van der Waals surface area contributed by atoms with Crippen LogP contribution in [0, 0.1) is 17.7 Å². The van der Waals surface area contributed by atoms with E-state index < -0.39 is 0 Å². The van der Waals surface area contributed by atoms with Crippen LogP contribution in [0.25, 0.3) is 0 Å². The van der Waals surface area contributed by atoms with Crippen LogP contribution in [-0.2, 0) is 6.42 Å². The summed E-state index contributed by atoms with van der Waals surface area (Å²) in [6, 6.07) is 7.58.